The van der Waals surface area contributed by atoms with Crippen LogP contribution in [0.4, 0.5) is 23.9 Å². The molecule has 7 nitrogen and oxygen atoms in total. The van der Waals surface area contributed by atoms with Gasteiger partial charge in [0, 0.05) is 0 Å². The van der Waals surface area contributed by atoms with Gasteiger partial charge in [0.15, 0.2) is 0 Å². The van der Waals surface area contributed by atoms with Crippen LogP contribution in [0.15, 0.2) is 42.5 Å². The standard InChI is InChI=1S/C23H18ClF3N2O5S/c1-11-17(22(32)34-3)21(29-19(30)13-6-4-5-7-16(13)33-2)35-18(11)20(31)28-15-10-12(23(25,26)27)8-9-14(15)24/h4-10H,1-3H3,(H,28,31)(H,29,30). The maximum Gasteiger partial charge on any atom is 0.416 e. The van der Waals surface area contributed by atoms with Crippen LogP contribution in [-0.2, 0) is 10.9 Å². The number of anilines is 2. The molecule has 0 atom stereocenters. The number of methoxy groups -OCH3 is 2. The molecule has 0 saturated carbocycles. The summed E-state index contributed by atoms with van der Waals surface area (Å²) >= 11 is 6.73. The molecular formula is C23H18ClF3N2O5S. The zero-order chi connectivity index (χ0) is 25.9. The van der Waals surface area contributed by atoms with E-state index < -0.39 is 29.5 Å². The highest BCUT2D eigenvalue weighted by atomic mass is 35.5. The fourth-order valence-electron chi connectivity index (χ4n) is 3.15. The van der Waals surface area contributed by atoms with Crippen LogP contribution in [0.5, 0.6) is 5.75 Å². The Kier molecular flexibility index (Phi) is 7.71. The van der Waals surface area contributed by atoms with Crippen molar-refractivity contribution in [3.63, 3.8) is 0 Å². The summed E-state index contributed by atoms with van der Waals surface area (Å²) in [6.07, 6.45) is -4.64. The minimum Gasteiger partial charge on any atom is -0.496 e. The number of nitrogens with one attached hydrogen (secondary N) is 2. The number of ether oxygens (including phenoxy) is 2. The summed E-state index contributed by atoms with van der Waals surface area (Å²) < 4.78 is 49.2. The summed E-state index contributed by atoms with van der Waals surface area (Å²) in [6, 6.07) is 8.88. The van der Waals surface area contributed by atoms with Crippen LogP contribution < -0.4 is 15.4 Å². The summed E-state index contributed by atoms with van der Waals surface area (Å²) in [6.45, 7) is 1.45. The predicted octanol–water partition coefficient (Wildman–Crippen LogP) is 6.03. The van der Waals surface area contributed by atoms with E-state index in [0.29, 0.717) is 6.07 Å². The highest BCUT2D eigenvalue weighted by molar-refractivity contribution is 7.19. The molecule has 0 fully saturated rings. The van der Waals surface area contributed by atoms with E-state index in [-0.39, 0.29) is 43.0 Å². The molecule has 184 valence electrons. The van der Waals surface area contributed by atoms with E-state index >= 15 is 0 Å². The lowest BCUT2D eigenvalue weighted by atomic mass is 10.1. The Morgan fingerprint density at radius 3 is 2.31 bits per heavy atom. The average molecular weight is 527 g/mol. The van der Waals surface area contributed by atoms with Crippen LogP contribution in [0.1, 0.15) is 41.5 Å². The van der Waals surface area contributed by atoms with E-state index in [9.17, 15) is 27.6 Å². The van der Waals surface area contributed by atoms with Gasteiger partial charge in [-0.3, -0.25) is 9.59 Å². The Morgan fingerprint density at radius 1 is 1.00 bits per heavy atom. The first kappa shape index (κ1) is 26.0. The molecule has 2 amide bonds. The Hall–Kier alpha value is -3.57. The molecule has 1 heterocycles. The molecule has 12 heteroatoms. The average Bonchev–Trinajstić information content (AvgIpc) is 3.14. The zero-order valence-corrected chi connectivity index (χ0v) is 20.1. The summed E-state index contributed by atoms with van der Waals surface area (Å²) in [4.78, 5) is 38.2. The van der Waals surface area contributed by atoms with Gasteiger partial charge in [0.2, 0.25) is 0 Å². The molecular weight excluding hydrogens is 509 g/mol. The zero-order valence-electron chi connectivity index (χ0n) is 18.5. The van der Waals surface area contributed by atoms with E-state index in [0.717, 1.165) is 30.6 Å². The first-order valence-corrected chi connectivity index (χ1v) is 11.0. The van der Waals surface area contributed by atoms with Gasteiger partial charge in [-0.1, -0.05) is 23.7 Å². The van der Waals surface area contributed by atoms with Crippen molar-refractivity contribution in [2.45, 2.75) is 13.1 Å². The highest BCUT2D eigenvalue weighted by Crippen LogP contribution is 2.37. The number of esters is 1. The topological polar surface area (TPSA) is 93.7 Å². The summed E-state index contributed by atoms with van der Waals surface area (Å²) in [5.74, 6) is -1.96. The lowest BCUT2D eigenvalue weighted by Gasteiger charge is -2.11. The second-order valence-electron chi connectivity index (χ2n) is 7.05. The highest BCUT2D eigenvalue weighted by Gasteiger charge is 2.32. The van der Waals surface area contributed by atoms with Crippen molar-refractivity contribution in [3.8, 4) is 5.75 Å². The number of thiophene rings is 1. The number of halogens is 4. The number of alkyl halides is 3. The van der Waals surface area contributed by atoms with Crippen molar-refractivity contribution < 1.29 is 37.0 Å². The van der Waals surface area contributed by atoms with Crippen LogP contribution in [0.25, 0.3) is 0 Å². The smallest absolute Gasteiger partial charge is 0.416 e. The Morgan fingerprint density at radius 2 is 1.69 bits per heavy atom. The van der Waals surface area contributed by atoms with E-state index in [1.807, 2.05) is 0 Å². The number of carbonyl (C=O) groups is 3. The lowest BCUT2D eigenvalue weighted by molar-refractivity contribution is -0.137. The van der Waals surface area contributed by atoms with Crippen molar-refractivity contribution in [2.75, 3.05) is 24.9 Å². The molecule has 3 aromatic rings. The van der Waals surface area contributed by atoms with Crippen LogP contribution in [0.2, 0.25) is 5.02 Å². The third-order valence-corrected chi connectivity index (χ3v) is 6.40. The van der Waals surface area contributed by atoms with Crippen molar-refractivity contribution in [3.05, 3.63) is 74.6 Å². The molecule has 0 spiro atoms. The summed E-state index contributed by atoms with van der Waals surface area (Å²) in [7, 11) is 2.52. The molecule has 2 aromatic carbocycles. The molecule has 0 aliphatic rings. The van der Waals surface area contributed by atoms with Gasteiger partial charge >= 0.3 is 12.1 Å². The van der Waals surface area contributed by atoms with Gasteiger partial charge in [0.05, 0.1) is 46.5 Å². The second-order valence-corrected chi connectivity index (χ2v) is 8.48. The van der Waals surface area contributed by atoms with Gasteiger partial charge in [0.1, 0.15) is 10.8 Å². The predicted molar refractivity (Wildman–Crippen MR) is 126 cm³/mol. The summed E-state index contributed by atoms with van der Waals surface area (Å²) in [5.41, 5.74) is -0.990. The van der Waals surface area contributed by atoms with E-state index in [4.69, 9.17) is 21.1 Å². The van der Waals surface area contributed by atoms with Crippen molar-refractivity contribution in [2.24, 2.45) is 0 Å². The van der Waals surface area contributed by atoms with Crippen LogP contribution >= 0.6 is 22.9 Å². The number of rotatable bonds is 6. The molecule has 1 aromatic heterocycles. The maximum atomic E-state index is 13.1. The van der Waals surface area contributed by atoms with Gasteiger partial charge in [-0.05, 0) is 42.8 Å². The third-order valence-electron chi connectivity index (χ3n) is 4.86. The van der Waals surface area contributed by atoms with Gasteiger partial charge in [-0.25, -0.2) is 4.79 Å². The normalized spacial score (nSPS) is 11.1. The molecule has 0 unspecified atom stereocenters. The SMILES string of the molecule is COC(=O)c1c(NC(=O)c2ccccc2OC)sc(C(=O)Nc2cc(C(F)(F)F)ccc2Cl)c1C. The van der Waals surface area contributed by atoms with E-state index in [1.165, 1.54) is 20.1 Å². The lowest BCUT2D eigenvalue weighted by Crippen LogP contribution is -2.15. The molecule has 35 heavy (non-hydrogen) atoms. The minimum absolute atomic E-state index is 0.0190. The first-order chi connectivity index (χ1) is 16.5. The van der Waals surface area contributed by atoms with Gasteiger partial charge in [-0.2, -0.15) is 13.2 Å². The monoisotopic (exact) mass is 526 g/mol. The van der Waals surface area contributed by atoms with Gasteiger partial charge in [-0.15, -0.1) is 11.3 Å². The first-order valence-electron chi connectivity index (χ1n) is 9.82. The van der Waals surface area contributed by atoms with Gasteiger partial charge < -0.3 is 20.1 Å². The van der Waals surface area contributed by atoms with Crippen LogP contribution in [-0.4, -0.2) is 32.0 Å². The Bertz CT molecular complexity index is 1310. The van der Waals surface area contributed by atoms with E-state index in [2.05, 4.69) is 10.6 Å². The van der Waals surface area contributed by atoms with E-state index in [1.54, 1.807) is 18.2 Å². The minimum atomic E-state index is -4.64. The van der Waals surface area contributed by atoms with Crippen LogP contribution in [0, 0.1) is 6.92 Å². The molecule has 0 bridgehead atoms. The number of benzene rings is 2. The van der Waals surface area contributed by atoms with Crippen molar-refractivity contribution in [1.29, 1.82) is 0 Å². The fourth-order valence-corrected chi connectivity index (χ4v) is 4.40. The van der Waals surface area contributed by atoms with Gasteiger partial charge in [0.25, 0.3) is 11.8 Å². The number of hydrogen-bond donors (Lipinski definition) is 2. The molecule has 2 N–H and O–H groups in total. The Balaban J connectivity index is 1.98. The fraction of sp³-hybridized carbons (Fsp3) is 0.174. The number of amides is 2. The number of hydrogen-bond acceptors (Lipinski definition) is 6. The Labute approximate surface area is 206 Å². The summed E-state index contributed by atoms with van der Waals surface area (Å²) in [5, 5.41) is 4.82. The molecule has 0 aliphatic heterocycles. The number of carbonyl (C=O) groups excluding carboxylic acids is 3. The molecule has 0 radical (unpaired) electrons. The second kappa shape index (κ2) is 10.4. The van der Waals surface area contributed by atoms with Crippen LogP contribution in [0.3, 0.4) is 0 Å². The third kappa shape index (κ3) is 5.57. The number of para-hydroxylation sites is 1. The maximum absolute atomic E-state index is 13.1. The van der Waals surface area contributed by atoms with Crippen molar-refractivity contribution in [1.82, 2.24) is 0 Å². The molecule has 0 saturated heterocycles. The molecule has 3 rings (SSSR count). The largest absolute Gasteiger partial charge is 0.496 e. The van der Waals surface area contributed by atoms with Crippen molar-refractivity contribution >= 4 is 51.4 Å². The molecule has 0 aliphatic carbocycles. The quantitative estimate of drug-likeness (QED) is 0.383.